The fraction of sp³-hybridized carbons (Fsp3) is 0.500. The highest BCUT2D eigenvalue weighted by molar-refractivity contribution is 7.09. The van der Waals surface area contributed by atoms with Crippen LogP contribution < -0.4 is 0 Å². The van der Waals surface area contributed by atoms with E-state index in [1.807, 2.05) is 16.3 Å². The van der Waals surface area contributed by atoms with Crippen molar-refractivity contribution in [2.24, 2.45) is 0 Å². The van der Waals surface area contributed by atoms with E-state index in [-0.39, 0.29) is 6.04 Å². The van der Waals surface area contributed by atoms with E-state index < -0.39 is 5.97 Å². The van der Waals surface area contributed by atoms with Gasteiger partial charge in [0.1, 0.15) is 6.04 Å². The Labute approximate surface area is 87.0 Å². The summed E-state index contributed by atoms with van der Waals surface area (Å²) in [7, 11) is 0. The van der Waals surface area contributed by atoms with Gasteiger partial charge in [0.2, 0.25) is 0 Å². The van der Waals surface area contributed by atoms with Gasteiger partial charge in [-0.3, -0.25) is 9.69 Å². The molecule has 1 aromatic rings. The average Bonchev–Trinajstić information content (AvgIpc) is 2.75. The number of aliphatic carboxylic acids is 1. The summed E-state index contributed by atoms with van der Waals surface area (Å²) < 4.78 is 0. The zero-order valence-electron chi connectivity index (χ0n) is 7.85. The molecule has 1 aliphatic heterocycles. The fourth-order valence-electron chi connectivity index (χ4n) is 1.90. The molecule has 0 spiro atoms. The molecule has 0 bridgehead atoms. The first kappa shape index (κ1) is 9.68. The predicted molar refractivity (Wildman–Crippen MR) is 55.4 cm³/mol. The van der Waals surface area contributed by atoms with E-state index in [0.717, 1.165) is 25.9 Å². The van der Waals surface area contributed by atoms with Gasteiger partial charge in [-0.2, -0.15) is 0 Å². The Morgan fingerprint density at radius 2 is 2.57 bits per heavy atom. The van der Waals surface area contributed by atoms with Crippen LogP contribution in [0.1, 0.15) is 17.7 Å². The zero-order chi connectivity index (χ0) is 9.97. The van der Waals surface area contributed by atoms with Crippen LogP contribution >= 0.6 is 11.3 Å². The molecule has 14 heavy (non-hydrogen) atoms. The summed E-state index contributed by atoms with van der Waals surface area (Å²) in [5, 5.41) is 11.0. The fourth-order valence-corrected chi connectivity index (χ4v) is 2.63. The van der Waals surface area contributed by atoms with Crippen molar-refractivity contribution in [2.75, 3.05) is 6.54 Å². The first-order chi connectivity index (χ1) is 6.77. The van der Waals surface area contributed by atoms with Gasteiger partial charge in [-0.15, -0.1) is 11.3 Å². The van der Waals surface area contributed by atoms with Crippen molar-refractivity contribution in [3.05, 3.63) is 22.4 Å². The quantitative estimate of drug-likeness (QED) is 0.828. The summed E-state index contributed by atoms with van der Waals surface area (Å²) in [6.45, 7) is 1.70. The van der Waals surface area contributed by atoms with Gasteiger partial charge >= 0.3 is 5.97 Å². The van der Waals surface area contributed by atoms with Crippen molar-refractivity contribution in [2.45, 2.75) is 25.4 Å². The van der Waals surface area contributed by atoms with Crippen molar-refractivity contribution in [1.29, 1.82) is 0 Å². The minimum atomic E-state index is -0.681. The van der Waals surface area contributed by atoms with E-state index in [4.69, 9.17) is 5.11 Å². The molecule has 1 atom stereocenters. The van der Waals surface area contributed by atoms with E-state index in [9.17, 15) is 4.79 Å². The largest absolute Gasteiger partial charge is 0.480 e. The SMILES string of the molecule is O=C(O)[C@H]1CCCN1Cc1cccs1. The Kier molecular flexibility index (Phi) is 2.84. The maximum atomic E-state index is 10.9. The van der Waals surface area contributed by atoms with Crippen molar-refractivity contribution >= 4 is 17.3 Å². The lowest BCUT2D eigenvalue weighted by Crippen LogP contribution is -2.35. The van der Waals surface area contributed by atoms with Crippen molar-refractivity contribution < 1.29 is 9.90 Å². The number of thiophene rings is 1. The second-order valence-electron chi connectivity index (χ2n) is 3.55. The molecule has 4 heteroatoms. The van der Waals surface area contributed by atoms with Crippen molar-refractivity contribution in [1.82, 2.24) is 4.90 Å². The van der Waals surface area contributed by atoms with E-state index in [0.29, 0.717) is 0 Å². The van der Waals surface area contributed by atoms with Gasteiger partial charge in [0.15, 0.2) is 0 Å². The van der Waals surface area contributed by atoms with Crippen LogP contribution in [0.4, 0.5) is 0 Å². The second-order valence-corrected chi connectivity index (χ2v) is 4.58. The standard InChI is InChI=1S/C10H13NO2S/c12-10(13)9-4-1-5-11(9)7-8-3-2-6-14-8/h2-3,6,9H,1,4-5,7H2,(H,12,13)/t9-/m1/s1. The highest BCUT2D eigenvalue weighted by atomic mass is 32.1. The number of hydrogen-bond acceptors (Lipinski definition) is 3. The van der Waals surface area contributed by atoms with Crippen molar-refractivity contribution in [3.8, 4) is 0 Å². The number of likely N-dealkylation sites (tertiary alicyclic amines) is 1. The molecule has 0 saturated carbocycles. The Morgan fingerprint density at radius 3 is 3.21 bits per heavy atom. The molecular formula is C10H13NO2S. The van der Waals surface area contributed by atoms with E-state index in [2.05, 4.69) is 6.07 Å². The van der Waals surface area contributed by atoms with Crippen LogP contribution in [0.5, 0.6) is 0 Å². The summed E-state index contributed by atoms with van der Waals surface area (Å²) in [5.74, 6) is -0.681. The summed E-state index contributed by atoms with van der Waals surface area (Å²) >= 11 is 1.69. The Morgan fingerprint density at radius 1 is 1.71 bits per heavy atom. The lowest BCUT2D eigenvalue weighted by molar-refractivity contribution is -0.142. The lowest BCUT2D eigenvalue weighted by atomic mass is 10.2. The van der Waals surface area contributed by atoms with Crippen LogP contribution in [-0.4, -0.2) is 28.6 Å². The summed E-state index contributed by atoms with van der Waals surface area (Å²) in [4.78, 5) is 14.2. The third-order valence-corrected chi connectivity index (χ3v) is 3.45. The zero-order valence-corrected chi connectivity index (χ0v) is 8.67. The Balaban J connectivity index is 2.00. The number of hydrogen-bond donors (Lipinski definition) is 1. The van der Waals surface area contributed by atoms with Gasteiger partial charge in [0.05, 0.1) is 0 Å². The molecule has 3 nitrogen and oxygen atoms in total. The van der Waals surface area contributed by atoms with Gasteiger partial charge in [-0.25, -0.2) is 0 Å². The number of rotatable bonds is 3. The van der Waals surface area contributed by atoms with Crippen LogP contribution in [0.2, 0.25) is 0 Å². The molecule has 0 radical (unpaired) electrons. The molecule has 1 aromatic heterocycles. The smallest absolute Gasteiger partial charge is 0.320 e. The van der Waals surface area contributed by atoms with Crippen LogP contribution in [0.25, 0.3) is 0 Å². The lowest BCUT2D eigenvalue weighted by Gasteiger charge is -2.19. The maximum Gasteiger partial charge on any atom is 0.320 e. The number of carboxylic acid groups (broad SMARTS) is 1. The molecular weight excluding hydrogens is 198 g/mol. The van der Waals surface area contributed by atoms with Gasteiger partial charge in [0, 0.05) is 11.4 Å². The van der Waals surface area contributed by atoms with Gasteiger partial charge < -0.3 is 5.11 Å². The molecule has 1 N–H and O–H groups in total. The third-order valence-electron chi connectivity index (χ3n) is 2.59. The maximum absolute atomic E-state index is 10.9. The van der Waals surface area contributed by atoms with E-state index >= 15 is 0 Å². The third kappa shape index (κ3) is 1.96. The topological polar surface area (TPSA) is 40.5 Å². The molecule has 2 rings (SSSR count). The van der Waals surface area contributed by atoms with Gasteiger partial charge in [-0.05, 0) is 30.8 Å². The molecule has 1 fully saturated rings. The predicted octanol–water partition coefficient (Wildman–Crippen LogP) is 1.80. The minimum absolute atomic E-state index is 0.267. The van der Waals surface area contributed by atoms with Crippen LogP contribution in [-0.2, 0) is 11.3 Å². The van der Waals surface area contributed by atoms with Gasteiger partial charge in [0.25, 0.3) is 0 Å². The Hall–Kier alpha value is -0.870. The van der Waals surface area contributed by atoms with Crippen LogP contribution in [0.15, 0.2) is 17.5 Å². The summed E-state index contributed by atoms with van der Waals surface area (Å²) in [5.41, 5.74) is 0. The molecule has 0 aliphatic carbocycles. The second kappa shape index (κ2) is 4.11. The number of carboxylic acids is 1. The molecule has 2 heterocycles. The van der Waals surface area contributed by atoms with Gasteiger partial charge in [-0.1, -0.05) is 6.07 Å². The molecule has 0 amide bonds. The highest BCUT2D eigenvalue weighted by Crippen LogP contribution is 2.21. The van der Waals surface area contributed by atoms with E-state index in [1.54, 1.807) is 11.3 Å². The average molecular weight is 211 g/mol. The molecule has 0 aromatic carbocycles. The highest BCUT2D eigenvalue weighted by Gasteiger charge is 2.30. The molecule has 76 valence electrons. The summed E-state index contributed by atoms with van der Waals surface area (Å²) in [6.07, 6.45) is 1.79. The first-order valence-electron chi connectivity index (χ1n) is 4.76. The normalized spacial score (nSPS) is 22.7. The Bertz CT molecular complexity index is 310. The summed E-state index contributed by atoms with van der Waals surface area (Å²) in [6, 6.07) is 3.80. The molecule has 0 unspecified atom stereocenters. The monoisotopic (exact) mass is 211 g/mol. The number of nitrogens with zero attached hydrogens (tertiary/aromatic N) is 1. The van der Waals surface area contributed by atoms with Crippen molar-refractivity contribution in [3.63, 3.8) is 0 Å². The van der Waals surface area contributed by atoms with E-state index in [1.165, 1.54) is 4.88 Å². The molecule has 1 aliphatic rings. The van der Waals surface area contributed by atoms with Crippen LogP contribution in [0, 0.1) is 0 Å². The minimum Gasteiger partial charge on any atom is -0.480 e. The number of carbonyl (C=O) groups is 1. The van der Waals surface area contributed by atoms with Crippen LogP contribution in [0.3, 0.4) is 0 Å². The first-order valence-corrected chi connectivity index (χ1v) is 5.64. The molecule has 1 saturated heterocycles.